The van der Waals surface area contributed by atoms with E-state index >= 15 is 0 Å². The van der Waals surface area contributed by atoms with Crippen molar-refractivity contribution in [2.45, 2.75) is 19.9 Å². The predicted octanol–water partition coefficient (Wildman–Crippen LogP) is 2.91. The van der Waals surface area contributed by atoms with E-state index in [0.29, 0.717) is 18.0 Å². The number of anilines is 1. The van der Waals surface area contributed by atoms with E-state index in [2.05, 4.69) is 10.6 Å². The lowest BCUT2D eigenvalue weighted by Crippen LogP contribution is -2.36. The Bertz CT molecular complexity index is 711. The number of rotatable bonds is 6. The summed E-state index contributed by atoms with van der Waals surface area (Å²) in [4.78, 5) is 24.1. The van der Waals surface area contributed by atoms with Gasteiger partial charge in [-0.25, -0.2) is 0 Å². The summed E-state index contributed by atoms with van der Waals surface area (Å²) in [6, 6.07) is 13.8. The van der Waals surface area contributed by atoms with Crippen LogP contribution < -0.4 is 20.1 Å². The Kier molecular flexibility index (Phi) is 6.39. The molecule has 0 aliphatic heterocycles. The van der Waals surface area contributed by atoms with Crippen molar-refractivity contribution in [1.29, 1.82) is 0 Å². The van der Waals surface area contributed by atoms with Gasteiger partial charge >= 0.3 is 11.8 Å². The van der Waals surface area contributed by atoms with E-state index in [1.54, 1.807) is 43.5 Å². The van der Waals surface area contributed by atoms with Gasteiger partial charge in [0.1, 0.15) is 11.5 Å². The molecule has 2 rings (SSSR count). The van der Waals surface area contributed by atoms with Crippen molar-refractivity contribution >= 4 is 17.5 Å². The van der Waals surface area contributed by atoms with Gasteiger partial charge in [-0.3, -0.25) is 9.59 Å². The van der Waals surface area contributed by atoms with E-state index in [4.69, 9.17) is 9.47 Å². The molecule has 0 spiro atoms. The van der Waals surface area contributed by atoms with Gasteiger partial charge in [-0.05, 0) is 55.8 Å². The van der Waals surface area contributed by atoms with Gasteiger partial charge in [0, 0.05) is 5.69 Å². The molecule has 0 heterocycles. The fourth-order valence-corrected chi connectivity index (χ4v) is 2.23. The van der Waals surface area contributed by atoms with Gasteiger partial charge in [-0.15, -0.1) is 0 Å². The highest BCUT2D eigenvalue weighted by Gasteiger charge is 2.17. The molecule has 0 radical (unpaired) electrons. The number of ether oxygens (including phenoxy) is 2. The molecule has 2 amide bonds. The number of nitrogens with one attached hydrogen (secondary N) is 2. The Morgan fingerprint density at radius 3 is 2.12 bits per heavy atom. The number of hydrogen-bond acceptors (Lipinski definition) is 4. The largest absolute Gasteiger partial charge is 0.497 e. The number of hydrogen-bond donors (Lipinski definition) is 2. The normalized spacial score (nSPS) is 11.3. The second-order valence-electron chi connectivity index (χ2n) is 5.38. The molecule has 2 aromatic rings. The van der Waals surface area contributed by atoms with Crippen molar-refractivity contribution in [3.05, 3.63) is 54.1 Å². The summed E-state index contributed by atoms with van der Waals surface area (Å²) in [7, 11) is 1.59. The van der Waals surface area contributed by atoms with Gasteiger partial charge in [-0.1, -0.05) is 12.1 Å². The first-order valence-corrected chi connectivity index (χ1v) is 8.02. The number of carbonyl (C=O) groups excluding carboxylic acids is 2. The first kappa shape index (κ1) is 18.3. The molecule has 6 nitrogen and oxygen atoms in total. The van der Waals surface area contributed by atoms with E-state index < -0.39 is 11.8 Å². The molecule has 25 heavy (non-hydrogen) atoms. The van der Waals surface area contributed by atoms with Gasteiger partial charge in [0.15, 0.2) is 0 Å². The molecule has 2 N–H and O–H groups in total. The van der Waals surface area contributed by atoms with Gasteiger partial charge in [-0.2, -0.15) is 0 Å². The topological polar surface area (TPSA) is 76.7 Å². The molecule has 0 aromatic heterocycles. The zero-order valence-corrected chi connectivity index (χ0v) is 14.5. The predicted molar refractivity (Wildman–Crippen MR) is 95.8 cm³/mol. The van der Waals surface area contributed by atoms with Crippen molar-refractivity contribution < 1.29 is 19.1 Å². The third kappa shape index (κ3) is 5.24. The molecule has 0 fully saturated rings. The van der Waals surface area contributed by atoms with Crippen molar-refractivity contribution in [1.82, 2.24) is 5.32 Å². The fraction of sp³-hybridized carbons (Fsp3) is 0.263. The van der Waals surface area contributed by atoms with Crippen LogP contribution in [-0.4, -0.2) is 25.5 Å². The first-order valence-electron chi connectivity index (χ1n) is 8.02. The van der Waals surface area contributed by atoms with E-state index in [1.807, 2.05) is 26.0 Å². The first-order chi connectivity index (χ1) is 12.0. The minimum atomic E-state index is -0.718. The zero-order valence-electron chi connectivity index (χ0n) is 14.5. The van der Waals surface area contributed by atoms with Crippen LogP contribution >= 0.6 is 0 Å². The maximum absolute atomic E-state index is 12.1. The fourth-order valence-electron chi connectivity index (χ4n) is 2.23. The summed E-state index contributed by atoms with van der Waals surface area (Å²) in [5.41, 5.74) is 1.41. The van der Waals surface area contributed by atoms with Gasteiger partial charge in [0.05, 0.1) is 19.8 Å². The molecule has 0 saturated carbocycles. The third-order valence-corrected chi connectivity index (χ3v) is 3.59. The van der Waals surface area contributed by atoms with Crippen LogP contribution in [0.15, 0.2) is 48.5 Å². The third-order valence-electron chi connectivity index (χ3n) is 3.59. The second kappa shape index (κ2) is 8.73. The van der Waals surface area contributed by atoms with Gasteiger partial charge in [0.2, 0.25) is 0 Å². The Hall–Kier alpha value is -3.02. The standard InChI is InChI=1S/C19H22N2O4/c1-4-25-17-11-7-15(8-12-17)21-19(23)18(22)20-13(2)14-5-9-16(24-3)10-6-14/h5-13H,4H2,1-3H3,(H,20,22)(H,21,23)/t13-/m0/s1. The van der Waals surface area contributed by atoms with Crippen LogP contribution in [0.4, 0.5) is 5.69 Å². The average Bonchev–Trinajstić information content (AvgIpc) is 2.63. The van der Waals surface area contributed by atoms with Crippen molar-refractivity contribution in [2.24, 2.45) is 0 Å². The molecule has 132 valence electrons. The lowest BCUT2D eigenvalue weighted by molar-refractivity contribution is -0.136. The van der Waals surface area contributed by atoms with E-state index in [-0.39, 0.29) is 6.04 Å². The Balaban J connectivity index is 1.91. The molecule has 0 aliphatic carbocycles. The zero-order chi connectivity index (χ0) is 18.2. The maximum Gasteiger partial charge on any atom is 0.313 e. The average molecular weight is 342 g/mol. The van der Waals surface area contributed by atoms with E-state index in [0.717, 1.165) is 11.3 Å². The molecule has 0 unspecified atom stereocenters. The Morgan fingerprint density at radius 2 is 1.56 bits per heavy atom. The maximum atomic E-state index is 12.1. The molecule has 6 heteroatoms. The lowest BCUT2D eigenvalue weighted by atomic mass is 10.1. The van der Waals surface area contributed by atoms with Crippen LogP contribution in [0.2, 0.25) is 0 Å². The molecule has 0 aliphatic rings. The summed E-state index contributed by atoms with van der Waals surface area (Å²) < 4.78 is 10.4. The summed E-state index contributed by atoms with van der Waals surface area (Å²) in [5.74, 6) is 0.0234. The highest BCUT2D eigenvalue weighted by Crippen LogP contribution is 2.18. The van der Waals surface area contributed by atoms with Gasteiger partial charge < -0.3 is 20.1 Å². The summed E-state index contributed by atoms with van der Waals surface area (Å²) in [5, 5.41) is 5.23. The Morgan fingerprint density at radius 1 is 0.960 bits per heavy atom. The lowest BCUT2D eigenvalue weighted by Gasteiger charge is -2.14. The van der Waals surface area contributed by atoms with E-state index in [1.165, 1.54) is 0 Å². The smallest absolute Gasteiger partial charge is 0.313 e. The number of benzene rings is 2. The van der Waals surface area contributed by atoms with E-state index in [9.17, 15) is 9.59 Å². The van der Waals surface area contributed by atoms with Crippen LogP contribution in [0.25, 0.3) is 0 Å². The summed E-state index contributed by atoms with van der Waals surface area (Å²) >= 11 is 0. The van der Waals surface area contributed by atoms with Crippen LogP contribution in [-0.2, 0) is 9.59 Å². The van der Waals surface area contributed by atoms with Crippen molar-refractivity contribution in [3.63, 3.8) is 0 Å². The Labute approximate surface area is 147 Å². The quantitative estimate of drug-likeness (QED) is 0.792. The molecule has 2 aromatic carbocycles. The van der Waals surface area contributed by atoms with Crippen LogP contribution in [0, 0.1) is 0 Å². The number of carbonyl (C=O) groups is 2. The molecule has 0 saturated heterocycles. The summed E-state index contributed by atoms with van der Waals surface area (Å²) in [6.07, 6.45) is 0. The van der Waals surface area contributed by atoms with Crippen LogP contribution in [0.3, 0.4) is 0 Å². The minimum absolute atomic E-state index is 0.301. The van der Waals surface area contributed by atoms with Crippen LogP contribution in [0.5, 0.6) is 11.5 Å². The van der Waals surface area contributed by atoms with Crippen molar-refractivity contribution in [3.8, 4) is 11.5 Å². The SMILES string of the molecule is CCOc1ccc(NC(=O)C(=O)N[C@@H](C)c2ccc(OC)cc2)cc1. The minimum Gasteiger partial charge on any atom is -0.497 e. The monoisotopic (exact) mass is 342 g/mol. The summed E-state index contributed by atoms with van der Waals surface area (Å²) in [6.45, 7) is 4.27. The molecule has 0 bridgehead atoms. The number of methoxy groups -OCH3 is 1. The highest BCUT2D eigenvalue weighted by molar-refractivity contribution is 6.39. The van der Waals surface area contributed by atoms with Crippen molar-refractivity contribution in [2.75, 3.05) is 19.0 Å². The molecular formula is C19H22N2O4. The highest BCUT2D eigenvalue weighted by atomic mass is 16.5. The second-order valence-corrected chi connectivity index (χ2v) is 5.38. The molecule has 1 atom stereocenters. The number of amides is 2. The molecular weight excluding hydrogens is 320 g/mol. The van der Waals surface area contributed by atoms with Gasteiger partial charge in [0.25, 0.3) is 0 Å². The van der Waals surface area contributed by atoms with Crippen LogP contribution in [0.1, 0.15) is 25.5 Å².